The highest BCUT2D eigenvalue weighted by Crippen LogP contribution is 2.19. The van der Waals surface area contributed by atoms with E-state index in [2.05, 4.69) is 4.98 Å². The third-order valence-corrected chi connectivity index (χ3v) is 2.95. The van der Waals surface area contributed by atoms with Crippen LogP contribution in [-0.4, -0.2) is 35.5 Å². The fourth-order valence-corrected chi connectivity index (χ4v) is 1.89. The molecule has 4 nitrogen and oxygen atoms in total. The first-order valence-corrected chi connectivity index (χ1v) is 6.50. The number of esters is 1. The van der Waals surface area contributed by atoms with Crippen molar-refractivity contribution in [1.29, 1.82) is 0 Å². The lowest BCUT2D eigenvalue weighted by atomic mass is 10.2. The molecule has 6 heteroatoms. The molecule has 1 aromatic heterocycles. The number of aromatic nitrogens is 1. The Morgan fingerprint density at radius 1 is 1.44 bits per heavy atom. The van der Waals surface area contributed by atoms with Crippen LogP contribution in [0.2, 0.25) is 10.2 Å². The molecule has 0 aromatic carbocycles. The molecule has 1 aromatic rings. The van der Waals surface area contributed by atoms with Crippen molar-refractivity contribution in [3.63, 3.8) is 0 Å². The van der Waals surface area contributed by atoms with Gasteiger partial charge in [-0.3, -0.25) is 9.69 Å². The van der Waals surface area contributed by atoms with Gasteiger partial charge in [0.25, 0.3) is 0 Å². The number of pyridine rings is 1. The van der Waals surface area contributed by atoms with Crippen LogP contribution in [-0.2, 0) is 16.1 Å². The van der Waals surface area contributed by atoms with E-state index in [0.29, 0.717) is 23.3 Å². The van der Waals surface area contributed by atoms with Gasteiger partial charge in [0.15, 0.2) is 0 Å². The lowest BCUT2D eigenvalue weighted by Crippen LogP contribution is -2.30. The maximum absolute atomic E-state index is 11.4. The molecule has 0 atom stereocenters. The van der Waals surface area contributed by atoms with E-state index >= 15 is 0 Å². The maximum atomic E-state index is 11.4. The zero-order chi connectivity index (χ0) is 13.5. The summed E-state index contributed by atoms with van der Waals surface area (Å²) in [6.45, 7) is 5.64. The average Bonchev–Trinajstić information content (AvgIpc) is 2.31. The summed E-state index contributed by atoms with van der Waals surface area (Å²) in [4.78, 5) is 17.3. The van der Waals surface area contributed by atoms with Crippen LogP contribution in [0.3, 0.4) is 0 Å². The second kappa shape index (κ2) is 7.56. The molecule has 0 bridgehead atoms. The van der Waals surface area contributed by atoms with Gasteiger partial charge < -0.3 is 4.74 Å². The van der Waals surface area contributed by atoms with E-state index in [-0.39, 0.29) is 12.5 Å². The fourth-order valence-electron chi connectivity index (χ4n) is 1.46. The van der Waals surface area contributed by atoms with Crippen molar-refractivity contribution in [1.82, 2.24) is 9.88 Å². The van der Waals surface area contributed by atoms with Crippen molar-refractivity contribution in [2.45, 2.75) is 20.4 Å². The Bertz CT molecular complexity index is 413. The monoisotopic (exact) mass is 290 g/mol. The topological polar surface area (TPSA) is 42.4 Å². The molecule has 100 valence electrons. The third-order valence-electron chi connectivity index (χ3n) is 2.40. The molecular formula is C12H16Cl2N2O2. The Morgan fingerprint density at radius 2 is 2.17 bits per heavy atom. The first kappa shape index (κ1) is 15.2. The van der Waals surface area contributed by atoms with Crippen LogP contribution in [0.5, 0.6) is 0 Å². The van der Waals surface area contributed by atoms with E-state index in [9.17, 15) is 4.79 Å². The molecule has 0 aliphatic rings. The molecule has 1 rings (SSSR count). The smallest absolute Gasteiger partial charge is 0.320 e. The van der Waals surface area contributed by atoms with E-state index in [4.69, 9.17) is 27.9 Å². The molecule has 0 fully saturated rings. The van der Waals surface area contributed by atoms with Crippen molar-refractivity contribution >= 4 is 29.2 Å². The average molecular weight is 291 g/mol. The standard InChI is InChI=1S/C12H16Cl2N2O2/c1-3-16(8-12(17)18-4-2)7-9-6-15-11(14)5-10(9)13/h5-6H,3-4,7-8H2,1-2H3. The normalized spacial score (nSPS) is 10.7. The van der Waals surface area contributed by atoms with Crippen molar-refractivity contribution in [2.75, 3.05) is 19.7 Å². The molecule has 0 aliphatic heterocycles. The van der Waals surface area contributed by atoms with Gasteiger partial charge >= 0.3 is 5.97 Å². The van der Waals surface area contributed by atoms with Gasteiger partial charge in [-0.15, -0.1) is 0 Å². The van der Waals surface area contributed by atoms with Gasteiger partial charge in [0.05, 0.1) is 13.2 Å². The van der Waals surface area contributed by atoms with Crippen molar-refractivity contribution in [2.24, 2.45) is 0 Å². The summed E-state index contributed by atoms with van der Waals surface area (Å²) in [5.41, 5.74) is 0.840. The number of hydrogen-bond donors (Lipinski definition) is 0. The van der Waals surface area contributed by atoms with Crippen LogP contribution < -0.4 is 0 Å². The van der Waals surface area contributed by atoms with Crippen LogP contribution >= 0.6 is 23.2 Å². The minimum absolute atomic E-state index is 0.239. The van der Waals surface area contributed by atoms with Crippen LogP contribution in [0.25, 0.3) is 0 Å². The Labute approximate surface area is 117 Å². The first-order chi connectivity index (χ1) is 8.56. The van der Waals surface area contributed by atoms with E-state index in [0.717, 1.165) is 12.1 Å². The quantitative estimate of drug-likeness (QED) is 0.597. The number of likely N-dealkylation sites (N-methyl/N-ethyl adjacent to an activating group) is 1. The molecule has 0 N–H and O–H groups in total. The van der Waals surface area contributed by atoms with Crippen LogP contribution in [0.15, 0.2) is 12.3 Å². The molecule has 0 saturated carbocycles. The number of nitrogens with zero attached hydrogens (tertiary/aromatic N) is 2. The first-order valence-electron chi connectivity index (χ1n) is 5.74. The Kier molecular flexibility index (Phi) is 6.39. The van der Waals surface area contributed by atoms with Gasteiger partial charge in [-0.1, -0.05) is 30.1 Å². The number of carbonyl (C=O) groups is 1. The predicted octanol–water partition coefficient (Wildman–Crippen LogP) is 2.77. The van der Waals surface area contributed by atoms with Crippen LogP contribution in [0.4, 0.5) is 0 Å². The Morgan fingerprint density at radius 3 is 2.72 bits per heavy atom. The summed E-state index contributed by atoms with van der Waals surface area (Å²) >= 11 is 11.8. The van der Waals surface area contributed by atoms with Gasteiger partial charge in [0.1, 0.15) is 5.15 Å². The maximum Gasteiger partial charge on any atom is 0.320 e. The largest absolute Gasteiger partial charge is 0.465 e. The lowest BCUT2D eigenvalue weighted by molar-refractivity contribution is -0.144. The summed E-state index contributed by atoms with van der Waals surface area (Å²) in [6.07, 6.45) is 1.62. The van der Waals surface area contributed by atoms with E-state index in [1.807, 2.05) is 11.8 Å². The predicted molar refractivity (Wildman–Crippen MR) is 71.8 cm³/mol. The zero-order valence-electron chi connectivity index (χ0n) is 10.4. The second-order valence-corrected chi connectivity index (χ2v) is 4.50. The van der Waals surface area contributed by atoms with Crippen molar-refractivity contribution in [3.05, 3.63) is 28.0 Å². The molecular weight excluding hydrogens is 275 g/mol. The van der Waals surface area contributed by atoms with Crippen molar-refractivity contribution < 1.29 is 9.53 Å². The molecule has 0 radical (unpaired) electrons. The zero-order valence-corrected chi connectivity index (χ0v) is 12.0. The Balaban J connectivity index is 2.65. The second-order valence-electron chi connectivity index (χ2n) is 3.71. The molecule has 1 heterocycles. The van der Waals surface area contributed by atoms with Crippen LogP contribution in [0.1, 0.15) is 19.4 Å². The number of carbonyl (C=O) groups excluding carboxylic acids is 1. The van der Waals surface area contributed by atoms with E-state index in [1.165, 1.54) is 0 Å². The number of rotatable bonds is 6. The van der Waals surface area contributed by atoms with Gasteiger partial charge in [0, 0.05) is 23.3 Å². The minimum atomic E-state index is -0.239. The van der Waals surface area contributed by atoms with E-state index in [1.54, 1.807) is 19.2 Å². The third kappa shape index (κ3) is 4.80. The summed E-state index contributed by atoms with van der Waals surface area (Å²) in [7, 11) is 0. The molecule has 0 saturated heterocycles. The Hall–Kier alpha value is -0.840. The molecule has 0 spiro atoms. The highest BCUT2D eigenvalue weighted by Gasteiger charge is 2.12. The minimum Gasteiger partial charge on any atom is -0.465 e. The van der Waals surface area contributed by atoms with Gasteiger partial charge in [0.2, 0.25) is 0 Å². The van der Waals surface area contributed by atoms with E-state index < -0.39 is 0 Å². The molecule has 18 heavy (non-hydrogen) atoms. The van der Waals surface area contributed by atoms with Gasteiger partial charge in [-0.25, -0.2) is 4.98 Å². The molecule has 0 aliphatic carbocycles. The summed E-state index contributed by atoms with van der Waals surface area (Å²) < 4.78 is 4.91. The number of ether oxygens (including phenoxy) is 1. The summed E-state index contributed by atoms with van der Waals surface area (Å²) in [5.74, 6) is -0.239. The highest BCUT2D eigenvalue weighted by atomic mass is 35.5. The summed E-state index contributed by atoms with van der Waals surface area (Å²) in [5, 5.41) is 0.912. The molecule has 0 amide bonds. The van der Waals surface area contributed by atoms with Crippen LogP contribution in [0, 0.1) is 0 Å². The van der Waals surface area contributed by atoms with Crippen molar-refractivity contribution in [3.8, 4) is 0 Å². The highest BCUT2D eigenvalue weighted by molar-refractivity contribution is 6.34. The number of halogens is 2. The van der Waals surface area contributed by atoms with Gasteiger partial charge in [-0.05, 0) is 19.5 Å². The lowest BCUT2D eigenvalue weighted by Gasteiger charge is -2.19. The molecule has 0 unspecified atom stereocenters. The fraction of sp³-hybridized carbons (Fsp3) is 0.500. The summed E-state index contributed by atoms with van der Waals surface area (Å²) in [6, 6.07) is 1.59. The number of hydrogen-bond acceptors (Lipinski definition) is 4. The van der Waals surface area contributed by atoms with Gasteiger partial charge in [-0.2, -0.15) is 0 Å². The SMILES string of the molecule is CCOC(=O)CN(CC)Cc1cnc(Cl)cc1Cl.